The molecular weight excluding hydrogens is 951 g/mol. The topological polar surface area (TPSA) is 201 Å². The van der Waals surface area contributed by atoms with Crippen LogP contribution in [0, 0.1) is 6.92 Å². The van der Waals surface area contributed by atoms with Crippen LogP contribution in [0.15, 0.2) is 137 Å². The number of rotatable bonds is 16. The lowest BCUT2D eigenvalue weighted by atomic mass is 9.82. The summed E-state index contributed by atoms with van der Waals surface area (Å²) in [4.78, 5) is 56.5. The minimum Gasteiger partial charge on any atom is -0.506 e. The van der Waals surface area contributed by atoms with Gasteiger partial charge in [-0.05, 0) is 86.0 Å². The Bertz CT molecular complexity index is 3230. The molecule has 16 nitrogen and oxygen atoms in total. The Labute approximate surface area is 413 Å². The van der Waals surface area contributed by atoms with Crippen molar-refractivity contribution in [1.82, 2.24) is 15.2 Å². The summed E-state index contributed by atoms with van der Waals surface area (Å²) in [5, 5.41) is 28.2. The van der Waals surface area contributed by atoms with Gasteiger partial charge in [-0.2, -0.15) is 0 Å². The van der Waals surface area contributed by atoms with Gasteiger partial charge < -0.3 is 19.9 Å². The summed E-state index contributed by atoms with van der Waals surface area (Å²) < 4.78 is 41.8. The van der Waals surface area contributed by atoms with Gasteiger partial charge in [0.25, 0.3) is 27.7 Å². The Morgan fingerprint density at radius 2 is 1.53 bits per heavy atom. The van der Waals surface area contributed by atoms with Gasteiger partial charge in [0.2, 0.25) is 5.13 Å². The number of anilines is 4. The van der Waals surface area contributed by atoms with E-state index in [2.05, 4.69) is 27.8 Å². The fourth-order valence-electron chi connectivity index (χ4n) is 8.02. The minimum absolute atomic E-state index is 0.0309. The third-order valence-corrected chi connectivity index (χ3v) is 15.8. The predicted octanol–water partition coefficient (Wildman–Crippen LogP) is 10.0. The van der Waals surface area contributed by atoms with E-state index in [-0.39, 0.29) is 55.7 Å². The highest BCUT2D eigenvalue weighted by molar-refractivity contribution is 8.01. The number of unbranched alkanes of at least 4 members (excludes halogenated alkanes) is 2. The fraction of sp³-hybridized carbons (Fsp3) is 0.216. The highest BCUT2D eigenvalue weighted by atomic mass is 32.2. The zero-order valence-corrected chi connectivity index (χ0v) is 41.3. The van der Waals surface area contributed by atoms with Crippen LogP contribution in [0.25, 0.3) is 10.8 Å². The summed E-state index contributed by atoms with van der Waals surface area (Å²) in [5.41, 5.74) is 0.789. The normalized spacial score (nSPS) is 14.7. The molecule has 7 aromatic rings. The molecule has 0 saturated carbocycles. The van der Waals surface area contributed by atoms with Crippen molar-refractivity contribution in [2.75, 3.05) is 46.4 Å². The van der Waals surface area contributed by atoms with Crippen LogP contribution in [0.1, 0.15) is 65.0 Å². The third kappa shape index (κ3) is 9.85. The Hall–Kier alpha value is -7.48. The molecule has 4 amide bonds. The molecule has 70 heavy (non-hydrogen) atoms. The first kappa shape index (κ1) is 49.0. The summed E-state index contributed by atoms with van der Waals surface area (Å²) in [5.74, 6) is -1.22. The number of sulfonamides is 1. The first-order chi connectivity index (χ1) is 33.6. The second-order valence-electron chi connectivity index (χ2n) is 16.6. The van der Waals surface area contributed by atoms with E-state index in [9.17, 15) is 32.7 Å². The van der Waals surface area contributed by atoms with E-state index >= 15 is 0 Å². The molecule has 1 aliphatic rings. The van der Waals surface area contributed by atoms with Crippen LogP contribution in [0.3, 0.4) is 0 Å². The van der Waals surface area contributed by atoms with Gasteiger partial charge in [-0.1, -0.05) is 116 Å². The number of aromatic hydroxyl groups is 1. The van der Waals surface area contributed by atoms with Crippen molar-refractivity contribution >= 4 is 89.9 Å². The first-order valence-electron chi connectivity index (χ1n) is 22.2. The van der Waals surface area contributed by atoms with Gasteiger partial charge in [-0.25, -0.2) is 13.2 Å². The Balaban J connectivity index is 1.07. The lowest BCUT2D eigenvalue weighted by Gasteiger charge is -2.28. The predicted molar refractivity (Wildman–Crippen MR) is 272 cm³/mol. The zero-order chi connectivity index (χ0) is 49.7. The maximum Gasteiger partial charge on any atom is 0.441 e. The quantitative estimate of drug-likeness (QED) is 0.0470. The molecular formula is C51H49N7O9S3. The van der Waals surface area contributed by atoms with Gasteiger partial charge in [0, 0.05) is 23.6 Å². The smallest absolute Gasteiger partial charge is 0.441 e. The molecule has 0 bridgehead atoms. The highest BCUT2D eigenvalue weighted by Gasteiger charge is 2.52. The number of hydrogen-bond donors (Lipinski definition) is 3. The van der Waals surface area contributed by atoms with Crippen molar-refractivity contribution in [3.05, 3.63) is 150 Å². The Morgan fingerprint density at radius 1 is 0.843 bits per heavy atom. The zero-order valence-electron chi connectivity index (χ0n) is 38.8. The number of phenolic OH excluding ortho intramolecular Hbond substituents is 1. The summed E-state index contributed by atoms with van der Waals surface area (Å²) in [7, 11) is -1.53. The maximum absolute atomic E-state index is 14.7. The molecule has 360 valence electrons. The number of ether oxygens (including phenoxy) is 2. The Morgan fingerprint density at radius 3 is 2.26 bits per heavy atom. The van der Waals surface area contributed by atoms with Crippen LogP contribution in [-0.4, -0.2) is 79.0 Å². The lowest BCUT2D eigenvalue weighted by molar-refractivity contribution is -0.130. The molecule has 0 radical (unpaired) electrons. The standard InChI is InChI=1S/C51H49N7O9S3/c1-6-7-15-28-68-49-55-54-48(69-49)53-45(60)38-20-13-14-21-43(38)70(64,65)56(4)34-23-25-35(26-24-34)57-31-51(3,33-16-9-8-10-17-33)47(62)58(57)50(63)67-42-30-39(44(59)37-19-12-11-18-36(37)42)46(61)52-40-29-32(2)22-27-41(40)66-5/h8-14,16-27,29-30,59H,6-7,15,28,31H2,1-5H3,(H,52,61)(H,53,54,60). The van der Waals surface area contributed by atoms with Gasteiger partial charge in [0.05, 0.1) is 47.3 Å². The van der Waals surface area contributed by atoms with E-state index in [4.69, 9.17) is 9.47 Å². The molecule has 0 aliphatic carbocycles. The average Bonchev–Trinajstić information content (AvgIpc) is 3.94. The third-order valence-electron chi connectivity index (χ3n) is 11.9. The number of benzene rings is 6. The van der Waals surface area contributed by atoms with Gasteiger partial charge in [0.1, 0.15) is 22.1 Å². The van der Waals surface area contributed by atoms with Crippen LogP contribution < -0.4 is 29.4 Å². The number of amides is 4. The molecule has 1 fully saturated rings. The number of nitrogens with zero attached hydrogens (tertiary/aromatic N) is 5. The molecule has 19 heteroatoms. The van der Waals surface area contributed by atoms with Crippen molar-refractivity contribution in [2.45, 2.75) is 54.7 Å². The number of nitrogens with one attached hydrogen (secondary N) is 2. The number of carbonyl (C=O) groups excluding carboxylic acids is 4. The molecule has 0 spiro atoms. The van der Waals surface area contributed by atoms with Crippen LogP contribution in [-0.2, 0) is 20.2 Å². The molecule has 2 heterocycles. The van der Waals surface area contributed by atoms with Crippen molar-refractivity contribution in [1.29, 1.82) is 0 Å². The number of hydrogen-bond acceptors (Lipinski definition) is 14. The number of thioether (sulfide) groups is 1. The molecule has 3 N–H and O–H groups in total. The highest BCUT2D eigenvalue weighted by Crippen LogP contribution is 2.41. The first-order valence-corrected chi connectivity index (χ1v) is 25.4. The molecule has 1 aliphatic heterocycles. The van der Waals surface area contributed by atoms with Gasteiger partial charge in [-0.15, -0.1) is 15.2 Å². The largest absolute Gasteiger partial charge is 0.506 e. The Kier molecular flexibility index (Phi) is 14.4. The van der Waals surface area contributed by atoms with Crippen molar-refractivity contribution in [3.63, 3.8) is 0 Å². The maximum atomic E-state index is 14.7. The van der Waals surface area contributed by atoms with E-state index < -0.39 is 39.3 Å². The van der Waals surface area contributed by atoms with E-state index in [1.165, 1.54) is 66.9 Å². The molecule has 8 rings (SSSR count). The number of methoxy groups -OCH3 is 1. The SMILES string of the molecule is CCCCCSc1nnc(NC(=O)c2ccccc2S(=O)(=O)N(C)c2ccc(N3CC(C)(c4ccccc4)C(=O)N3C(=O)Oc3cc(C(=O)Nc4cc(C)ccc4OC)c(O)c4ccccc34)cc2)s1. The van der Waals surface area contributed by atoms with Gasteiger partial charge in [0.15, 0.2) is 4.34 Å². The van der Waals surface area contributed by atoms with Crippen LogP contribution in [0.2, 0.25) is 0 Å². The summed E-state index contributed by atoms with van der Waals surface area (Å²) in [6.45, 7) is 5.65. The number of imide groups is 1. The number of carbonyl (C=O) groups is 4. The molecule has 1 atom stereocenters. The molecule has 6 aromatic carbocycles. The number of phenols is 1. The molecule has 1 unspecified atom stereocenters. The average molecular weight is 1000 g/mol. The number of aromatic nitrogens is 2. The van der Waals surface area contributed by atoms with Crippen LogP contribution >= 0.6 is 23.1 Å². The number of aryl methyl sites for hydroxylation is 1. The van der Waals surface area contributed by atoms with Crippen molar-refractivity contribution < 1.29 is 42.2 Å². The molecule has 1 aromatic heterocycles. The summed E-state index contributed by atoms with van der Waals surface area (Å²) in [6.07, 6.45) is 2.11. The second-order valence-corrected chi connectivity index (χ2v) is 20.8. The van der Waals surface area contributed by atoms with Gasteiger partial charge >= 0.3 is 6.09 Å². The number of hydrazine groups is 1. The lowest BCUT2D eigenvalue weighted by Crippen LogP contribution is -2.46. The monoisotopic (exact) mass is 999 g/mol. The second kappa shape index (κ2) is 20.6. The van der Waals surface area contributed by atoms with Gasteiger partial charge in [-0.3, -0.25) is 29.0 Å². The van der Waals surface area contributed by atoms with Crippen LogP contribution in [0.5, 0.6) is 17.2 Å². The van der Waals surface area contributed by atoms with E-state index in [1.807, 2.05) is 19.1 Å². The summed E-state index contributed by atoms with van der Waals surface area (Å²) in [6, 6.07) is 34.0. The van der Waals surface area contributed by atoms with E-state index in [1.54, 1.807) is 97.5 Å². The van der Waals surface area contributed by atoms with Crippen molar-refractivity contribution in [3.8, 4) is 17.2 Å². The van der Waals surface area contributed by atoms with Crippen LogP contribution in [0.4, 0.5) is 27.0 Å². The molecule has 1 saturated heterocycles. The van der Waals surface area contributed by atoms with E-state index in [0.717, 1.165) is 39.9 Å². The summed E-state index contributed by atoms with van der Waals surface area (Å²) >= 11 is 2.76. The number of fused-ring (bicyclic) bond motifs is 1. The fourth-order valence-corrected chi connectivity index (χ4v) is 11.2. The minimum atomic E-state index is -4.35. The van der Waals surface area contributed by atoms with E-state index in [0.29, 0.717) is 27.0 Å². The van der Waals surface area contributed by atoms with Crippen molar-refractivity contribution in [2.24, 2.45) is 0 Å².